The summed E-state index contributed by atoms with van der Waals surface area (Å²) < 4.78 is 12.1. The first-order chi connectivity index (χ1) is 9.81. The van der Waals surface area contributed by atoms with Crippen molar-refractivity contribution in [1.82, 2.24) is 20.2 Å². The van der Waals surface area contributed by atoms with E-state index in [1.807, 2.05) is 24.3 Å². The number of aryl methyl sites for hydroxylation is 1. The number of benzene rings is 1. The van der Waals surface area contributed by atoms with Gasteiger partial charge in [-0.05, 0) is 29.0 Å². The molecule has 0 amide bonds. The molecule has 0 fully saturated rings. The summed E-state index contributed by atoms with van der Waals surface area (Å²) in [6.45, 7) is 2.57. The Morgan fingerprint density at radius 2 is 2.15 bits per heavy atom. The van der Waals surface area contributed by atoms with Crippen LogP contribution in [0.3, 0.4) is 0 Å². The number of hydrogen-bond acceptors (Lipinski definition) is 6. The second kappa shape index (κ2) is 7.56. The Balaban J connectivity index is 1.89. The third kappa shape index (κ3) is 4.01. The van der Waals surface area contributed by atoms with Gasteiger partial charge < -0.3 is 15.2 Å². The molecule has 2 N–H and O–H groups in total. The zero-order valence-electron chi connectivity index (χ0n) is 11.5. The maximum Gasteiger partial charge on any atom is 0.182 e. The topological polar surface area (TPSA) is 88.1 Å². The Hall–Kier alpha value is -1.99. The Labute approximate surface area is 117 Å². The zero-order chi connectivity index (χ0) is 14.2. The highest BCUT2D eigenvalue weighted by Crippen LogP contribution is 2.18. The molecule has 2 rings (SSSR count). The molecule has 7 heteroatoms. The van der Waals surface area contributed by atoms with E-state index in [-0.39, 0.29) is 0 Å². The second-order valence-electron chi connectivity index (χ2n) is 4.31. The van der Waals surface area contributed by atoms with Gasteiger partial charge in [-0.25, -0.2) is 4.68 Å². The number of anilines is 1. The fourth-order valence-electron chi connectivity index (χ4n) is 1.80. The molecule has 0 spiro atoms. The van der Waals surface area contributed by atoms with Gasteiger partial charge in [0.25, 0.3) is 0 Å². The molecule has 0 atom stereocenters. The van der Waals surface area contributed by atoms with Crippen LogP contribution >= 0.6 is 0 Å². The third-order valence-corrected chi connectivity index (χ3v) is 2.77. The van der Waals surface area contributed by atoms with Crippen LogP contribution in [0.15, 0.2) is 24.3 Å². The van der Waals surface area contributed by atoms with Crippen LogP contribution < -0.4 is 5.73 Å². The lowest BCUT2D eigenvalue weighted by atomic mass is 10.2. The minimum atomic E-state index is 0.605. The van der Waals surface area contributed by atoms with E-state index in [1.54, 1.807) is 11.8 Å². The van der Waals surface area contributed by atoms with Gasteiger partial charge in [-0.3, -0.25) is 0 Å². The lowest BCUT2D eigenvalue weighted by molar-refractivity contribution is 0.0677. The molecule has 0 aliphatic heterocycles. The number of aromatic nitrogens is 4. The lowest BCUT2D eigenvalue weighted by Gasteiger charge is -2.06. The quantitative estimate of drug-likeness (QED) is 0.571. The van der Waals surface area contributed by atoms with Crippen LogP contribution in [0.4, 0.5) is 5.69 Å². The summed E-state index contributed by atoms with van der Waals surface area (Å²) in [5, 5.41) is 11.7. The van der Waals surface area contributed by atoms with Gasteiger partial charge in [0.05, 0.1) is 13.2 Å². The highest BCUT2D eigenvalue weighted by Gasteiger charge is 2.08. The minimum absolute atomic E-state index is 0.605. The molecule has 7 nitrogen and oxygen atoms in total. The van der Waals surface area contributed by atoms with Crippen LogP contribution in [0.5, 0.6) is 0 Å². The fraction of sp³-hybridized carbons (Fsp3) is 0.462. The summed E-state index contributed by atoms with van der Waals surface area (Å²) in [7, 11) is 1.66. The summed E-state index contributed by atoms with van der Waals surface area (Å²) in [6, 6.07) is 7.52. The molecule has 0 bridgehead atoms. The van der Waals surface area contributed by atoms with Crippen molar-refractivity contribution in [3.63, 3.8) is 0 Å². The van der Waals surface area contributed by atoms with Crippen molar-refractivity contribution in [3.05, 3.63) is 24.3 Å². The third-order valence-electron chi connectivity index (χ3n) is 2.77. The Morgan fingerprint density at radius 1 is 1.25 bits per heavy atom. The van der Waals surface area contributed by atoms with E-state index in [0.717, 1.165) is 12.0 Å². The van der Waals surface area contributed by atoms with Crippen molar-refractivity contribution in [2.75, 3.05) is 32.7 Å². The van der Waals surface area contributed by atoms with Gasteiger partial charge in [0.15, 0.2) is 5.82 Å². The molecule has 20 heavy (non-hydrogen) atoms. The van der Waals surface area contributed by atoms with Crippen LogP contribution in [0.2, 0.25) is 0 Å². The molecule has 0 aliphatic carbocycles. The molecule has 0 unspecified atom stereocenters. The molecule has 108 valence electrons. The maximum atomic E-state index is 5.77. The number of tetrazole rings is 1. The first-order valence-electron chi connectivity index (χ1n) is 6.50. The second-order valence-corrected chi connectivity index (χ2v) is 4.31. The summed E-state index contributed by atoms with van der Waals surface area (Å²) >= 11 is 0. The molecular formula is C13H19N5O2. The summed E-state index contributed by atoms with van der Waals surface area (Å²) in [5.74, 6) is 0.717. The van der Waals surface area contributed by atoms with Gasteiger partial charge in [-0.15, -0.1) is 5.10 Å². The minimum Gasteiger partial charge on any atom is -0.399 e. The monoisotopic (exact) mass is 277 g/mol. The van der Waals surface area contributed by atoms with Gasteiger partial charge >= 0.3 is 0 Å². The predicted octanol–water partition coefficient (Wildman–Crippen LogP) is 0.975. The standard InChI is InChI=1S/C13H19N5O2/c1-19-8-9-20-7-3-6-18-13(15-16-17-18)11-4-2-5-12(14)10-11/h2,4-5,10H,3,6-9,14H2,1H3. The summed E-state index contributed by atoms with van der Waals surface area (Å²) in [6.07, 6.45) is 0.837. The average molecular weight is 277 g/mol. The van der Waals surface area contributed by atoms with Crippen LogP contribution in [0.25, 0.3) is 11.4 Å². The first-order valence-corrected chi connectivity index (χ1v) is 6.50. The number of rotatable bonds is 8. The van der Waals surface area contributed by atoms with Crippen LogP contribution in [0, 0.1) is 0 Å². The smallest absolute Gasteiger partial charge is 0.182 e. The molecule has 0 saturated carbocycles. The highest BCUT2D eigenvalue weighted by molar-refractivity contribution is 5.60. The molecular weight excluding hydrogens is 258 g/mol. The number of nitrogen functional groups attached to an aromatic ring is 1. The van der Waals surface area contributed by atoms with Gasteiger partial charge in [0.2, 0.25) is 0 Å². The highest BCUT2D eigenvalue weighted by atomic mass is 16.5. The van der Waals surface area contributed by atoms with Crippen molar-refractivity contribution in [3.8, 4) is 11.4 Å². The molecule has 0 radical (unpaired) electrons. The fourth-order valence-corrected chi connectivity index (χ4v) is 1.80. The zero-order valence-corrected chi connectivity index (χ0v) is 11.5. The molecule has 1 heterocycles. The van der Waals surface area contributed by atoms with Crippen LogP contribution in [-0.4, -0.2) is 47.1 Å². The van der Waals surface area contributed by atoms with E-state index in [2.05, 4.69) is 15.5 Å². The van der Waals surface area contributed by atoms with Crippen molar-refractivity contribution in [1.29, 1.82) is 0 Å². The van der Waals surface area contributed by atoms with Gasteiger partial charge in [0.1, 0.15) is 0 Å². The molecule has 0 aliphatic rings. The largest absolute Gasteiger partial charge is 0.399 e. The lowest BCUT2D eigenvalue weighted by Crippen LogP contribution is -2.08. The van der Waals surface area contributed by atoms with Crippen molar-refractivity contribution in [2.45, 2.75) is 13.0 Å². The Bertz CT molecular complexity index is 529. The van der Waals surface area contributed by atoms with E-state index >= 15 is 0 Å². The SMILES string of the molecule is COCCOCCCn1nnnc1-c1cccc(N)c1. The Morgan fingerprint density at radius 3 is 2.95 bits per heavy atom. The number of hydrogen-bond donors (Lipinski definition) is 1. The number of methoxy groups -OCH3 is 1. The number of nitrogens with two attached hydrogens (primary N) is 1. The molecule has 0 saturated heterocycles. The summed E-state index contributed by atoms with van der Waals surface area (Å²) in [4.78, 5) is 0. The van der Waals surface area contributed by atoms with Crippen molar-refractivity contribution < 1.29 is 9.47 Å². The number of ether oxygens (including phenoxy) is 2. The predicted molar refractivity (Wildman–Crippen MR) is 75.0 cm³/mol. The van der Waals surface area contributed by atoms with Crippen molar-refractivity contribution >= 4 is 5.69 Å². The van der Waals surface area contributed by atoms with E-state index < -0.39 is 0 Å². The maximum absolute atomic E-state index is 5.77. The molecule has 1 aromatic heterocycles. The normalized spacial score (nSPS) is 10.8. The average Bonchev–Trinajstić information content (AvgIpc) is 2.91. The van der Waals surface area contributed by atoms with Gasteiger partial charge in [-0.1, -0.05) is 12.1 Å². The van der Waals surface area contributed by atoms with E-state index in [4.69, 9.17) is 15.2 Å². The Kier molecular flexibility index (Phi) is 5.45. The van der Waals surface area contributed by atoms with Crippen LogP contribution in [0.1, 0.15) is 6.42 Å². The van der Waals surface area contributed by atoms with E-state index in [9.17, 15) is 0 Å². The van der Waals surface area contributed by atoms with E-state index in [1.165, 1.54) is 0 Å². The molecule has 2 aromatic rings. The van der Waals surface area contributed by atoms with Crippen LogP contribution in [-0.2, 0) is 16.0 Å². The van der Waals surface area contributed by atoms with Crippen molar-refractivity contribution in [2.24, 2.45) is 0 Å². The number of nitrogens with zero attached hydrogens (tertiary/aromatic N) is 4. The van der Waals surface area contributed by atoms with Gasteiger partial charge in [0, 0.05) is 31.5 Å². The van der Waals surface area contributed by atoms with E-state index in [0.29, 0.717) is 37.9 Å². The first kappa shape index (κ1) is 14.4. The molecule has 1 aromatic carbocycles. The summed E-state index contributed by atoms with van der Waals surface area (Å²) in [5.41, 5.74) is 7.38. The van der Waals surface area contributed by atoms with Gasteiger partial charge in [-0.2, -0.15) is 0 Å².